The van der Waals surface area contributed by atoms with Gasteiger partial charge in [-0.05, 0) is 140 Å². The molecule has 6 saturated heterocycles. The lowest BCUT2D eigenvalue weighted by Gasteiger charge is -2.17. The summed E-state index contributed by atoms with van der Waals surface area (Å²) in [5.74, 6) is -4.08. The Morgan fingerprint density at radius 3 is 1.09 bits per heavy atom. The molecule has 0 radical (unpaired) electrons. The number of hydrogen-bond acceptors (Lipinski definition) is 26. The van der Waals surface area contributed by atoms with Crippen molar-refractivity contribution in [2.24, 2.45) is 11.8 Å². The Bertz CT molecular complexity index is 3460. The summed E-state index contributed by atoms with van der Waals surface area (Å²) in [5, 5.41) is 55.4. The van der Waals surface area contributed by atoms with Gasteiger partial charge in [0.15, 0.2) is 5.78 Å². The van der Waals surface area contributed by atoms with Crippen molar-refractivity contribution >= 4 is 124 Å². The first-order valence-electron chi connectivity index (χ1n) is 45.8. The van der Waals surface area contributed by atoms with Gasteiger partial charge in [0, 0.05) is 167 Å². The number of aliphatic hydroxyl groups excluding tert-OH is 1. The lowest BCUT2D eigenvalue weighted by Crippen LogP contribution is -2.44. The van der Waals surface area contributed by atoms with E-state index < -0.39 is 47.6 Å². The molecule has 0 aliphatic carbocycles. The van der Waals surface area contributed by atoms with Crippen LogP contribution >= 0.6 is 35.3 Å². The van der Waals surface area contributed by atoms with E-state index in [0.717, 1.165) is 74.2 Å². The van der Waals surface area contributed by atoms with E-state index in [9.17, 15) is 87.2 Å². The number of carboxylic acids is 3. The first-order valence-corrected chi connectivity index (χ1v) is 49.0. The number of Topliss-reactive ketones (excluding diaryl/α,β-unsaturated/α-hetero) is 6. The number of aliphatic carboxylic acids is 3. The van der Waals surface area contributed by atoms with Gasteiger partial charge in [-0.2, -0.15) is 35.3 Å². The molecule has 6 aliphatic rings. The number of carbonyl (C=O) groups excluding carboxylic acids is 12. The number of thioether (sulfide) groups is 3. The molecule has 13 N–H and O–H groups in total. The van der Waals surface area contributed by atoms with Crippen LogP contribution in [0.5, 0.6) is 0 Å². The molecule has 1 aromatic carbocycles. The highest BCUT2D eigenvalue weighted by Gasteiger charge is 2.45. The summed E-state index contributed by atoms with van der Waals surface area (Å²) in [7, 11) is 0. The molecule has 128 heavy (non-hydrogen) atoms. The number of aryl methyl sites for hydroxylation is 1. The number of ketones is 6. The van der Waals surface area contributed by atoms with Crippen LogP contribution in [0, 0.1) is 18.8 Å². The maximum atomic E-state index is 13.0. The van der Waals surface area contributed by atoms with E-state index in [4.69, 9.17) is 42.6 Å². The zero-order chi connectivity index (χ0) is 92.5. The molecule has 39 heteroatoms. The molecular formula is C89H142N9O27S3+. The van der Waals surface area contributed by atoms with E-state index in [1.807, 2.05) is 30.4 Å². The summed E-state index contributed by atoms with van der Waals surface area (Å²) in [4.78, 5) is 179. The minimum atomic E-state index is -1.33. The Morgan fingerprint density at radius 1 is 0.383 bits per heavy atom. The van der Waals surface area contributed by atoms with Crippen LogP contribution in [0.4, 0.5) is 14.4 Å². The standard InChI is InChI=1S/C60H93N7O18S2.C29H48N2O9S/c1-40-32-41(49(70)14-7-9-21-81-25-29-84-28-24-80-20-8-6-13-45(69)36-43(57(74)75)35-44(68)12-2-3-15-50-54-47(38-86-50)64-59(78)66-54)34-42(33-40)56(73)62-19-11-23-83-27-31-85-30-26-82-22-10-18-61-53(72)37-46(58(76)77)63-52(71)17-5-4-16-51-55-48(39-87-51)65-60(79)67-55;1-21(32)8-4-6-12-38-14-16-40-17-15-39-13-7-5-10-24(34)19-22(28(35)36)18-23(33)9-2-3-11-26-27-25(20-41-26)30-29(37)31-27/h32-34,43,46-48,50-51,54-55H,2-31,35-39H2,1H3,(H,61,72)(H,62,73)(H,63,71)(H,74,75)(H,76,77)(H2,64,66,78)(H2,65,67,79);22,25-27H,2-20H2,1H3,(H,35,36)(H2,30,31,37)/p+1. The summed E-state index contributed by atoms with van der Waals surface area (Å²) in [5.41, 5.74) is 1.70. The summed E-state index contributed by atoms with van der Waals surface area (Å²) in [6.45, 7) is 11.7. The van der Waals surface area contributed by atoms with Crippen molar-refractivity contribution in [3.63, 3.8) is 0 Å². The Labute approximate surface area is 764 Å². The lowest BCUT2D eigenvalue weighted by atomic mass is 9.93. The Balaban J connectivity index is 0.000000513. The van der Waals surface area contributed by atoms with Gasteiger partial charge >= 0.3 is 36.0 Å². The van der Waals surface area contributed by atoms with E-state index >= 15 is 0 Å². The topological polar surface area (TPSA) is 512 Å². The van der Waals surface area contributed by atoms with Crippen LogP contribution in [0.1, 0.15) is 232 Å². The maximum Gasteiger partial charge on any atom is 0.484 e. The zero-order valence-electron chi connectivity index (χ0n) is 74.7. The highest BCUT2D eigenvalue weighted by molar-refractivity contribution is 8.00. The van der Waals surface area contributed by atoms with Crippen LogP contribution in [0.3, 0.4) is 0 Å². The average Bonchev–Trinajstić information content (AvgIpc) is 1.67. The Hall–Kier alpha value is -7.44. The summed E-state index contributed by atoms with van der Waals surface area (Å²) < 4.78 is 49.9. The monoisotopic (exact) mass is 1860 g/mol. The van der Waals surface area contributed by atoms with E-state index in [1.54, 1.807) is 36.9 Å². The van der Waals surface area contributed by atoms with E-state index in [1.165, 1.54) is 0 Å². The summed E-state index contributed by atoms with van der Waals surface area (Å²) in [6, 6.07) is 4.25. The molecule has 6 fully saturated rings. The van der Waals surface area contributed by atoms with Gasteiger partial charge in [-0.3, -0.25) is 43.2 Å². The van der Waals surface area contributed by atoms with Gasteiger partial charge in [-0.15, -0.1) is 0 Å². The SMILES string of the molecule is CC(=O)CCCCOCCOCCOCCCCC(=O)CC(CC(=O)CCCCC1SCC2NC(=O)NC21)C(O)=[OH+].Cc1cc(C(=O)CCCCOCCOCCOCCCCC(=O)CC(CC(=O)CCCCC2SCC3NC(=O)NC32)C(=O)O)cc(C(=O)NCCCOCCOCCOCCCNC(=O)CC(NC(=O)CCCCC2SCC3NC(=O)NC32)C(=O)O)c1. The number of nitrogens with one attached hydrogen (secondary N) is 9. The molecule has 0 aromatic heterocycles. The second-order valence-corrected chi connectivity index (χ2v) is 37.0. The Kier molecular flexibility index (Phi) is 55.7. The second-order valence-electron chi connectivity index (χ2n) is 33.2. The van der Waals surface area contributed by atoms with Crippen LogP contribution in [-0.2, 0) is 85.8 Å². The van der Waals surface area contributed by atoms with Crippen molar-refractivity contribution in [1.82, 2.24) is 47.9 Å². The Morgan fingerprint density at radius 2 is 0.719 bits per heavy atom. The number of urea groups is 3. The molecule has 12 atom stereocenters. The quantitative estimate of drug-likeness (QED) is 0.0129. The first kappa shape index (κ1) is 109. The average molecular weight is 1870 g/mol. The van der Waals surface area contributed by atoms with Gasteiger partial charge in [0.05, 0.1) is 128 Å². The van der Waals surface area contributed by atoms with Crippen molar-refractivity contribution in [2.75, 3.05) is 149 Å². The molecule has 36 nitrogen and oxygen atoms in total. The van der Waals surface area contributed by atoms with Crippen LogP contribution < -0.4 is 47.9 Å². The third kappa shape index (κ3) is 47.1. The number of hydrogen-bond donors (Lipinski definition) is 12. The number of unbranched alkanes of at least 4 members (excludes halogenated alkanes) is 7. The van der Waals surface area contributed by atoms with Crippen LogP contribution in [0.25, 0.3) is 0 Å². The van der Waals surface area contributed by atoms with Gasteiger partial charge < -0.3 is 115 Å². The van der Waals surface area contributed by atoms with Gasteiger partial charge in [-0.25, -0.2) is 19.2 Å². The fraction of sp³-hybridized carbons (Fsp3) is 0.764. The molecular weight excluding hydrogens is 1720 g/mol. The van der Waals surface area contributed by atoms with Crippen LogP contribution in [0.15, 0.2) is 18.2 Å². The van der Waals surface area contributed by atoms with E-state index in [2.05, 4.69) is 47.9 Å². The van der Waals surface area contributed by atoms with Crippen LogP contribution in [-0.4, -0.2) is 316 Å². The largest absolute Gasteiger partial charge is 0.484 e. The first-order chi connectivity index (χ1) is 61.8. The normalized spacial score (nSPS) is 20.0. The number of carbonyl (C=O) groups is 14. The van der Waals surface area contributed by atoms with E-state index in [0.29, 0.717) is 243 Å². The van der Waals surface area contributed by atoms with Crippen LogP contribution in [0.2, 0.25) is 0 Å². The highest BCUT2D eigenvalue weighted by atomic mass is 32.2. The number of fused-ring (bicyclic) bond motifs is 3. The molecule has 722 valence electrons. The molecule has 6 aliphatic heterocycles. The summed E-state index contributed by atoms with van der Waals surface area (Å²) >= 11 is 5.45. The maximum absolute atomic E-state index is 13.0. The summed E-state index contributed by atoms with van der Waals surface area (Å²) in [6.07, 6.45) is 15.0. The molecule has 0 bridgehead atoms. The zero-order valence-corrected chi connectivity index (χ0v) is 77.2. The van der Waals surface area contributed by atoms with Gasteiger partial charge in [0.25, 0.3) is 5.91 Å². The second kappa shape index (κ2) is 65.2. The smallest absolute Gasteiger partial charge is 0.481 e. The number of rotatable bonds is 77. The fourth-order valence-electron chi connectivity index (χ4n) is 15.5. The highest BCUT2D eigenvalue weighted by Crippen LogP contribution is 2.36. The van der Waals surface area contributed by atoms with Crippen molar-refractivity contribution in [1.29, 1.82) is 0 Å². The fourth-order valence-corrected chi connectivity index (χ4v) is 20.1. The molecule has 0 spiro atoms. The van der Waals surface area contributed by atoms with Gasteiger partial charge in [-0.1, -0.05) is 19.3 Å². The molecule has 6 heterocycles. The van der Waals surface area contributed by atoms with Gasteiger partial charge in [0.2, 0.25) is 11.8 Å². The molecule has 0 saturated carbocycles. The van der Waals surface area contributed by atoms with Crippen molar-refractivity contribution in [3.8, 4) is 0 Å². The third-order valence-electron chi connectivity index (χ3n) is 22.4. The number of amides is 9. The van der Waals surface area contributed by atoms with Crippen molar-refractivity contribution in [3.05, 3.63) is 34.9 Å². The third-order valence-corrected chi connectivity index (χ3v) is 26.9. The predicted octanol–water partition coefficient (Wildman–Crippen LogP) is 7.56. The molecule has 9 amide bonds. The van der Waals surface area contributed by atoms with Gasteiger partial charge in [0.1, 0.15) is 40.9 Å². The number of benzene rings is 1. The molecule has 1 aromatic rings. The predicted molar refractivity (Wildman–Crippen MR) is 482 cm³/mol. The van der Waals surface area contributed by atoms with Crippen molar-refractivity contribution < 1.29 is 130 Å². The molecule has 12 unspecified atom stereocenters. The van der Waals surface area contributed by atoms with Crippen molar-refractivity contribution in [2.45, 2.75) is 271 Å². The minimum absolute atomic E-state index is 0.0506. The van der Waals surface area contributed by atoms with E-state index in [-0.39, 0.29) is 158 Å². The minimum Gasteiger partial charge on any atom is -0.481 e. The number of carboxylic acid groups (broad SMARTS) is 3. The lowest BCUT2D eigenvalue weighted by molar-refractivity contribution is -0.145. The molecule has 7 rings (SSSR count). The number of ether oxygens (including phenoxy) is 9.